The molecule has 0 spiro atoms. The van der Waals surface area contributed by atoms with Crippen molar-refractivity contribution in [2.24, 2.45) is 0 Å². The molecule has 0 aliphatic rings. The van der Waals surface area contributed by atoms with E-state index in [0.717, 1.165) is 22.9 Å². The smallest absolute Gasteiger partial charge is 0.236 e. The molecule has 7 nitrogen and oxygen atoms in total. The van der Waals surface area contributed by atoms with Crippen LogP contribution in [-0.2, 0) is 4.79 Å². The van der Waals surface area contributed by atoms with Crippen molar-refractivity contribution in [3.05, 3.63) is 77.7 Å². The van der Waals surface area contributed by atoms with Crippen molar-refractivity contribution in [1.29, 1.82) is 0 Å². The summed E-state index contributed by atoms with van der Waals surface area (Å²) in [6.07, 6.45) is 0. The van der Waals surface area contributed by atoms with Gasteiger partial charge in [0.15, 0.2) is 5.16 Å². The molecule has 1 amide bonds. The normalized spacial score (nSPS) is 10.9. The number of benzene rings is 2. The van der Waals surface area contributed by atoms with Crippen LogP contribution in [-0.4, -0.2) is 36.2 Å². The van der Waals surface area contributed by atoms with Gasteiger partial charge in [0.25, 0.3) is 0 Å². The predicted molar refractivity (Wildman–Crippen MR) is 118 cm³/mol. The van der Waals surface area contributed by atoms with Gasteiger partial charge in [0.2, 0.25) is 5.91 Å². The van der Waals surface area contributed by atoms with Crippen LogP contribution >= 0.6 is 11.8 Å². The summed E-state index contributed by atoms with van der Waals surface area (Å²) in [5.74, 6) is 1.50. The lowest BCUT2D eigenvalue weighted by atomic mass is 10.2. The number of nitrogens with one attached hydrogen (secondary N) is 1. The van der Waals surface area contributed by atoms with Gasteiger partial charge in [0.1, 0.15) is 11.6 Å². The monoisotopic (exact) mass is 418 g/mol. The largest absolute Gasteiger partial charge is 0.310 e. The maximum Gasteiger partial charge on any atom is 0.236 e. The molecule has 0 bridgehead atoms. The van der Waals surface area contributed by atoms with E-state index in [1.165, 1.54) is 17.3 Å². The first-order valence-electron chi connectivity index (χ1n) is 9.55. The summed E-state index contributed by atoms with van der Waals surface area (Å²) in [7, 11) is 0. The Labute approximate surface area is 179 Å². The Morgan fingerprint density at radius 2 is 1.70 bits per heavy atom. The van der Waals surface area contributed by atoms with Gasteiger partial charge in [0.05, 0.1) is 17.1 Å². The van der Waals surface area contributed by atoms with Crippen LogP contribution < -0.4 is 5.32 Å². The second-order valence-corrected chi connectivity index (χ2v) is 7.90. The van der Waals surface area contributed by atoms with E-state index in [4.69, 9.17) is 0 Å². The van der Waals surface area contributed by atoms with Gasteiger partial charge < -0.3 is 5.32 Å². The molecule has 0 saturated heterocycles. The number of amides is 1. The van der Waals surface area contributed by atoms with Gasteiger partial charge in [-0.15, -0.1) is 10.2 Å². The van der Waals surface area contributed by atoms with Gasteiger partial charge in [-0.2, -0.15) is 5.10 Å². The molecule has 8 heteroatoms. The van der Waals surface area contributed by atoms with Crippen LogP contribution in [0.5, 0.6) is 0 Å². The lowest BCUT2D eigenvalue weighted by Crippen LogP contribution is -2.17. The minimum Gasteiger partial charge on any atom is -0.310 e. The van der Waals surface area contributed by atoms with Gasteiger partial charge in [-0.1, -0.05) is 47.7 Å². The molecule has 152 valence electrons. The van der Waals surface area contributed by atoms with Crippen LogP contribution in [0.1, 0.15) is 17.1 Å². The van der Waals surface area contributed by atoms with E-state index >= 15 is 0 Å². The van der Waals surface area contributed by atoms with Gasteiger partial charge in [-0.05, 0) is 45.0 Å². The number of carbonyl (C=O) groups excluding carboxylic acids is 1. The second-order valence-electron chi connectivity index (χ2n) is 6.96. The molecule has 0 aliphatic heterocycles. The Balaban J connectivity index is 1.48. The first kappa shape index (κ1) is 19.9. The topological polar surface area (TPSA) is 77.6 Å². The second kappa shape index (κ2) is 8.54. The molecule has 0 saturated carbocycles. The average molecular weight is 419 g/mol. The summed E-state index contributed by atoms with van der Waals surface area (Å²) < 4.78 is 3.69. The Kier molecular flexibility index (Phi) is 5.67. The van der Waals surface area contributed by atoms with E-state index in [-0.39, 0.29) is 11.7 Å². The van der Waals surface area contributed by atoms with Crippen molar-refractivity contribution < 1.29 is 4.79 Å². The zero-order valence-corrected chi connectivity index (χ0v) is 17.8. The molecule has 2 heterocycles. The summed E-state index contributed by atoms with van der Waals surface area (Å²) in [6, 6.07) is 19.7. The van der Waals surface area contributed by atoms with E-state index < -0.39 is 0 Å². The highest BCUT2D eigenvalue weighted by molar-refractivity contribution is 7.99. The minimum absolute atomic E-state index is 0.131. The number of hydrogen-bond donors (Lipinski definition) is 1. The highest BCUT2D eigenvalue weighted by atomic mass is 32.2. The van der Waals surface area contributed by atoms with Crippen molar-refractivity contribution in [1.82, 2.24) is 24.5 Å². The third kappa shape index (κ3) is 4.28. The number of rotatable bonds is 6. The number of nitrogens with zero attached hydrogens (tertiary/aromatic N) is 5. The van der Waals surface area contributed by atoms with Crippen LogP contribution in [0.4, 0.5) is 5.82 Å². The fourth-order valence-corrected chi connectivity index (χ4v) is 3.89. The molecular weight excluding hydrogens is 396 g/mol. The maximum absolute atomic E-state index is 12.6. The highest BCUT2D eigenvalue weighted by Crippen LogP contribution is 2.23. The van der Waals surface area contributed by atoms with Crippen LogP contribution in [0, 0.1) is 20.8 Å². The Morgan fingerprint density at radius 3 is 2.43 bits per heavy atom. The van der Waals surface area contributed by atoms with Crippen molar-refractivity contribution in [3.8, 4) is 11.4 Å². The molecule has 0 atom stereocenters. The molecule has 30 heavy (non-hydrogen) atoms. The summed E-state index contributed by atoms with van der Waals surface area (Å²) >= 11 is 1.35. The molecule has 2 aromatic carbocycles. The molecule has 4 aromatic rings. The van der Waals surface area contributed by atoms with E-state index in [2.05, 4.69) is 20.6 Å². The Hall–Kier alpha value is -3.39. The SMILES string of the molecule is Cc1ccc(-n2c(C)nnc2SCC(=O)Nc2cc(C)nn2-c2ccccc2)cc1. The predicted octanol–water partition coefficient (Wildman–Crippen LogP) is 4.11. The van der Waals surface area contributed by atoms with Gasteiger partial charge >= 0.3 is 0 Å². The lowest BCUT2D eigenvalue weighted by Gasteiger charge is -2.10. The van der Waals surface area contributed by atoms with E-state index in [9.17, 15) is 4.79 Å². The molecular formula is C22H22N6OS. The summed E-state index contributed by atoms with van der Waals surface area (Å²) in [6.45, 7) is 5.85. The third-order valence-electron chi connectivity index (χ3n) is 4.52. The average Bonchev–Trinajstić information content (AvgIpc) is 3.30. The van der Waals surface area contributed by atoms with Gasteiger partial charge in [-0.25, -0.2) is 4.68 Å². The zero-order valence-electron chi connectivity index (χ0n) is 17.0. The quantitative estimate of drug-likeness (QED) is 0.477. The molecule has 1 N–H and O–H groups in total. The van der Waals surface area contributed by atoms with Crippen molar-refractivity contribution in [3.63, 3.8) is 0 Å². The fraction of sp³-hybridized carbons (Fsp3) is 0.182. The zero-order chi connectivity index (χ0) is 21.1. The molecule has 0 aliphatic carbocycles. The number of aromatic nitrogens is 5. The number of para-hydroxylation sites is 1. The van der Waals surface area contributed by atoms with Crippen molar-refractivity contribution in [2.75, 3.05) is 11.1 Å². The maximum atomic E-state index is 12.6. The first-order valence-corrected chi connectivity index (χ1v) is 10.5. The number of carbonyl (C=O) groups is 1. The van der Waals surface area contributed by atoms with E-state index in [1.807, 2.05) is 86.0 Å². The van der Waals surface area contributed by atoms with Gasteiger partial charge in [-0.3, -0.25) is 9.36 Å². The summed E-state index contributed by atoms with van der Waals surface area (Å²) in [4.78, 5) is 12.6. The number of thioether (sulfide) groups is 1. The van der Waals surface area contributed by atoms with Crippen molar-refractivity contribution >= 4 is 23.5 Å². The number of hydrogen-bond acceptors (Lipinski definition) is 5. The van der Waals surface area contributed by atoms with Crippen LogP contribution in [0.15, 0.2) is 65.8 Å². The van der Waals surface area contributed by atoms with Crippen molar-refractivity contribution in [2.45, 2.75) is 25.9 Å². The van der Waals surface area contributed by atoms with Crippen LogP contribution in [0.25, 0.3) is 11.4 Å². The Morgan fingerprint density at radius 1 is 0.967 bits per heavy atom. The molecule has 4 rings (SSSR count). The number of anilines is 1. The van der Waals surface area contributed by atoms with Crippen LogP contribution in [0.2, 0.25) is 0 Å². The molecule has 2 aromatic heterocycles. The van der Waals surface area contributed by atoms with Gasteiger partial charge in [0, 0.05) is 11.8 Å². The third-order valence-corrected chi connectivity index (χ3v) is 5.45. The number of aryl methyl sites for hydroxylation is 3. The summed E-state index contributed by atoms with van der Waals surface area (Å²) in [5.41, 5.74) is 3.88. The standard InChI is InChI=1S/C22H22N6OS/c1-15-9-11-18(12-10-15)27-17(3)24-25-22(27)30-14-21(29)23-20-13-16(2)26-28(20)19-7-5-4-6-8-19/h4-13H,14H2,1-3H3,(H,23,29). The van der Waals surface area contributed by atoms with Crippen LogP contribution in [0.3, 0.4) is 0 Å². The Bertz CT molecular complexity index is 1160. The van der Waals surface area contributed by atoms with E-state index in [0.29, 0.717) is 11.0 Å². The fourth-order valence-electron chi connectivity index (χ4n) is 3.09. The minimum atomic E-state index is -0.131. The molecule has 0 fully saturated rings. The lowest BCUT2D eigenvalue weighted by molar-refractivity contribution is -0.113. The first-order chi connectivity index (χ1) is 14.5. The van der Waals surface area contributed by atoms with E-state index in [1.54, 1.807) is 4.68 Å². The molecule has 0 unspecified atom stereocenters. The molecule has 0 radical (unpaired) electrons. The summed E-state index contributed by atoms with van der Waals surface area (Å²) in [5, 5.41) is 16.5. The highest BCUT2D eigenvalue weighted by Gasteiger charge is 2.15.